The van der Waals surface area contributed by atoms with Gasteiger partial charge in [0.15, 0.2) is 13.3 Å². The fourth-order valence-corrected chi connectivity index (χ4v) is 3.55. The monoisotopic (exact) mass is 325 g/mol. The van der Waals surface area contributed by atoms with Crippen LogP contribution in [-0.2, 0) is 6.54 Å². The number of hydrogen-bond acceptors (Lipinski definition) is 4. The molecular weight excluding hydrogens is 306 g/mol. The van der Waals surface area contributed by atoms with E-state index in [4.69, 9.17) is 0 Å². The summed E-state index contributed by atoms with van der Waals surface area (Å²) in [5, 5.41) is 7.66. The maximum absolute atomic E-state index is 4.59. The van der Waals surface area contributed by atoms with Crippen LogP contribution in [0.15, 0.2) is 54.6 Å². The van der Waals surface area contributed by atoms with Gasteiger partial charge in [-0.1, -0.05) is 53.8 Å². The number of benzene rings is 2. The van der Waals surface area contributed by atoms with E-state index in [9.17, 15) is 0 Å². The van der Waals surface area contributed by atoms with Crippen LogP contribution in [-0.4, -0.2) is 24.3 Å². The molecule has 1 aliphatic heterocycles. The van der Waals surface area contributed by atoms with Gasteiger partial charge in [-0.3, -0.25) is 4.90 Å². The van der Waals surface area contributed by atoms with Crippen molar-refractivity contribution in [3.63, 3.8) is 0 Å². The first-order valence-electron chi connectivity index (χ1n) is 7.71. The Labute approximate surface area is 138 Å². The van der Waals surface area contributed by atoms with Crippen molar-refractivity contribution in [2.24, 2.45) is 0 Å². The molecule has 0 bridgehead atoms. The van der Waals surface area contributed by atoms with Crippen molar-refractivity contribution in [3.05, 3.63) is 60.2 Å². The van der Waals surface area contributed by atoms with Gasteiger partial charge in [0.25, 0.3) is 5.13 Å². The van der Waals surface area contributed by atoms with E-state index in [1.807, 2.05) is 18.2 Å². The van der Waals surface area contributed by atoms with Crippen LogP contribution in [0.3, 0.4) is 0 Å². The van der Waals surface area contributed by atoms with Crippen molar-refractivity contribution in [3.8, 4) is 0 Å². The second kappa shape index (κ2) is 6.36. The van der Waals surface area contributed by atoms with Gasteiger partial charge in [-0.05, 0) is 12.1 Å². The van der Waals surface area contributed by atoms with Crippen molar-refractivity contribution in [2.45, 2.75) is 6.54 Å². The van der Waals surface area contributed by atoms with Crippen LogP contribution in [0.4, 0.5) is 5.13 Å². The van der Waals surface area contributed by atoms with E-state index in [1.54, 1.807) is 11.3 Å². The SMILES string of the molecule is c1ccc(C[NH+]2CNC(Nc3nc4ccccc4s3)=[NH+]C2)cc1. The number of para-hydroxylation sites is 1. The maximum Gasteiger partial charge on any atom is 0.359 e. The molecule has 2 aromatic carbocycles. The molecule has 0 radical (unpaired) electrons. The molecule has 0 amide bonds. The zero-order valence-electron chi connectivity index (χ0n) is 12.7. The van der Waals surface area contributed by atoms with Crippen LogP contribution in [0.25, 0.3) is 10.2 Å². The standard InChI is InChI=1S/C17H17N5S/c1-2-6-13(7-3-1)10-22-11-18-16(19-12-22)21-17-20-14-8-4-5-9-15(14)23-17/h1-9H,10-12H2,(H2,18,19,20,21)/p+2. The first-order valence-corrected chi connectivity index (χ1v) is 8.53. The molecule has 23 heavy (non-hydrogen) atoms. The molecule has 0 fully saturated rings. The number of fused-ring (bicyclic) bond motifs is 1. The molecule has 4 N–H and O–H groups in total. The molecule has 116 valence electrons. The Kier molecular flexibility index (Phi) is 3.92. The molecule has 0 saturated carbocycles. The molecule has 2 heterocycles. The molecule has 1 atom stereocenters. The van der Waals surface area contributed by atoms with Crippen LogP contribution < -0.4 is 20.5 Å². The largest absolute Gasteiger partial charge is 0.359 e. The summed E-state index contributed by atoms with van der Waals surface area (Å²) in [5.74, 6) is 0.931. The molecule has 1 aliphatic rings. The quantitative estimate of drug-likeness (QED) is 0.537. The van der Waals surface area contributed by atoms with Crippen LogP contribution >= 0.6 is 11.3 Å². The lowest BCUT2D eigenvalue weighted by Crippen LogP contribution is -3.23. The average molecular weight is 325 g/mol. The highest BCUT2D eigenvalue weighted by Crippen LogP contribution is 2.24. The Morgan fingerprint density at radius 3 is 2.74 bits per heavy atom. The second-order valence-electron chi connectivity index (χ2n) is 5.61. The van der Waals surface area contributed by atoms with Crippen molar-refractivity contribution in [2.75, 3.05) is 18.7 Å². The number of rotatable bonds is 3. The number of anilines is 1. The molecule has 0 spiro atoms. The molecule has 1 unspecified atom stereocenters. The van der Waals surface area contributed by atoms with Gasteiger partial charge in [-0.25, -0.2) is 20.6 Å². The van der Waals surface area contributed by atoms with E-state index >= 15 is 0 Å². The second-order valence-corrected chi connectivity index (χ2v) is 6.64. The number of nitrogens with zero attached hydrogens (tertiary/aromatic N) is 1. The van der Waals surface area contributed by atoms with Gasteiger partial charge in [-0.2, -0.15) is 0 Å². The molecule has 1 aromatic heterocycles. The van der Waals surface area contributed by atoms with E-state index in [1.165, 1.54) is 15.2 Å². The van der Waals surface area contributed by atoms with Crippen molar-refractivity contribution in [1.82, 2.24) is 10.3 Å². The number of nitrogens with one attached hydrogen (secondary N) is 4. The number of thiazole rings is 1. The number of quaternary nitrogens is 1. The molecule has 3 aromatic rings. The smallest absolute Gasteiger partial charge is 0.273 e. The third-order valence-corrected chi connectivity index (χ3v) is 4.80. The zero-order chi connectivity index (χ0) is 15.5. The fourth-order valence-electron chi connectivity index (χ4n) is 2.68. The van der Waals surface area contributed by atoms with Gasteiger partial charge in [-0.15, -0.1) is 0 Å². The van der Waals surface area contributed by atoms with E-state index in [0.717, 1.165) is 36.5 Å². The molecule has 6 heteroatoms. The lowest BCUT2D eigenvalue weighted by Gasteiger charge is -2.20. The molecule has 0 saturated heterocycles. The Morgan fingerprint density at radius 2 is 1.96 bits per heavy atom. The fraction of sp³-hybridized carbons (Fsp3) is 0.176. The summed E-state index contributed by atoms with van der Waals surface area (Å²) >= 11 is 1.66. The first kappa shape index (κ1) is 14.2. The normalized spacial score (nSPS) is 17.6. The molecule has 0 aliphatic carbocycles. The molecular formula is C17H19N5S+2. The van der Waals surface area contributed by atoms with Gasteiger partial charge >= 0.3 is 5.96 Å². The van der Waals surface area contributed by atoms with Gasteiger partial charge in [0.2, 0.25) is 0 Å². The van der Waals surface area contributed by atoms with E-state index in [0.29, 0.717) is 0 Å². The topological polar surface area (TPSA) is 55.4 Å². The lowest BCUT2D eigenvalue weighted by atomic mass is 10.2. The summed E-state index contributed by atoms with van der Waals surface area (Å²) in [7, 11) is 0. The zero-order valence-corrected chi connectivity index (χ0v) is 13.5. The Morgan fingerprint density at radius 1 is 1.13 bits per heavy atom. The third kappa shape index (κ3) is 3.33. The van der Waals surface area contributed by atoms with Gasteiger partial charge in [0.1, 0.15) is 6.54 Å². The van der Waals surface area contributed by atoms with Crippen LogP contribution in [0.1, 0.15) is 5.56 Å². The minimum atomic E-state index is 0.884. The summed E-state index contributed by atoms with van der Waals surface area (Å²) in [6, 6.07) is 18.8. The van der Waals surface area contributed by atoms with Crippen LogP contribution in [0.2, 0.25) is 0 Å². The van der Waals surface area contributed by atoms with Gasteiger partial charge in [0, 0.05) is 5.56 Å². The predicted octanol–water partition coefficient (Wildman–Crippen LogP) is -0.252. The van der Waals surface area contributed by atoms with E-state index in [2.05, 4.69) is 57.0 Å². The highest BCUT2D eigenvalue weighted by molar-refractivity contribution is 7.22. The number of guanidine groups is 1. The third-order valence-electron chi connectivity index (χ3n) is 3.85. The molecule has 5 nitrogen and oxygen atoms in total. The Bertz CT molecular complexity index is 794. The van der Waals surface area contributed by atoms with Crippen molar-refractivity contribution in [1.29, 1.82) is 0 Å². The summed E-state index contributed by atoms with van der Waals surface area (Å²) in [4.78, 5) is 9.45. The highest BCUT2D eigenvalue weighted by Gasteiger charge is 2.21. The minimum absolute atomic E-state index is 0.884. The first-order chi connectivity index (χ1) is 11.4. The highest BCUT2D eigenvalue weighted by atomic mass is 32.1. The van der Waals surface area contributed by atoms with Gasteiger partial charge < -0.3 is 0 Å². The lowest BCUT2D eigenvalue weighted by molar-refractivity contribution is -0.991. The van der Waals surface area contributed by atoms with Gasteiger partial charge in [0.05, 0.1) is 10.2 Å². The Balaban J connectivity index is 1.39. The number of aromatic nitrogens is 1. The number of hydrogen-bond donors (Lipinski definition) is 4. The average Bonchev–Trinajstić information content (AvgIpc) is 3.00. The maximum atomic E-state index is 4.59. The summed E-state index contributed by atoms with van der Waals surface area (Å²) in [5.41, 5.74) is 2.39. The summed E-state index contributed by atoms with van der Waals surface area (Å²) < 4.78 is 1.20. The van der Waals surface area contributed by atoms with Crippen LogP contribution in [0.5, 0.6) is 0 Å². The minimum Gasteiger partial charge on any atom is -0.273 e. The van der Waals surface area contributed by atoms with Crippen molar-refractivity contribution >= 4 is 32.6 Å². The van der Waals surface area contributed by atoms with Crippen LogP contribution in [0, 0.1) is 0 Å². The molecule has 4 rings (SSSR count). The Hall–Kier alpha value is -2.44. The predicted molar refractivity (Wildman–Crippen MR) is 93.2 cm³/mol. The van der Waals surface area contributed by atoms with Crippen molar-refractivity contribution < 1.29 is 9.89 Å². The summed E-state index contributed by atoms with van der Waals surface area (Å²) in [6.07, 6.45) is 0. The summed E-state index contributed by atoms with van der Waals surface area (Å²) in [6.45, 7) is 2.78. The van der Waals surface area contributed by atoms with E-state index in [-0.39, 0.29) is 0 Å². The van der Waals surface area contributed by atoms with E-state index < -0.39 is 0 Å².